The van der Waals surface area contributed by atoms with E-state index in [1.165, 1.54) is 12.1 Å². The van der Waals surface area contributed by atoms with Gasteiger partial charge in [0.1, 0.15) is 6.07 Å². The lowest BCUT2D eigenvalue weighted by atomic mass is 10.1. The Morgan fingerprint density at radius 1 is 1.40 bits per heavy atom. The van der Waals surface area contributed by atoms with Gasteiger partial charge in [-0.3, -0.25) is 9.59 Å². The van der Waals surface area contributed by atoms with E-state index in [4.69, 9.17) is 22.0 Å². The molecule has 0 heterocycles. The van der Waals surface area contributed by atoms with Crippen LogP contribution in [0.3, 0.4) is 0 Å². The third-order valence-corrected chi connectivity index (χ3v) is 4.05. The van der Waals surface area contributed by atoms with Crippen LogP contribution in [-0.4, -0.2) is 17.0 Å². The van der Waals surface area contributed by atoms with Crippen LogP contribution in [0.4, 0.5) is 5.69 Å². The molecule has 2 N–H and O–H groups in total. The molecular formula is C14H13ClN2O3. The minimum absolute atomic E-state index is 0.246. The lowest BCUT2D eigenvalue weighted by molar-refractivity contribution is -0.140. The zero-order chi connectivity index (χ0) is 15.1. The van der Waals surface area contributed by atoms with Gasteiger partial charge in [-0.25, -0.2) is 0 Å². The predicted octanol–water partition coefficient (Wildman–Crippen LogP) is 2.51. The Bertz CT molecular complexity index is 634. The Labute approximate surface area is 121 Å². The van der Waals surface area contributed by atoms with E-state index in [0.29, 0.717) is 11.3 Å². The van der Waals surface area contributed by atoms with Crippen molar-refractivity contribution in [2.24, 2.45) is 17.3 Å². The van der Waals surface area contributed by atoms with Crippen LogP contribution < -0.4 is 5.32 Å². The second-order valence-corrected chi connectivity index (χ2v) is 5.82. The number of aliphatic carboxylic acids is 1. The summed E-state index contributed by atoms with van der Waals surface area (Å²) < 4.78 is 0. The van der Waals surface area contributed by atoms with Crippen molar-refractivity contribution >= 4 is 29.2 Å². The summed E-state index contributed by atoms with van der Waals surface area (Å²) in [6.07, 6.45) is 0. The first-order chi connectivity index (χ1) is 9.28. The van der Waals surface area contributed by atoms with Crippen molar-refractivity contribution in [2.75, 3.05) is 5.32 Å². The fraction of sp³-hybridized carbons (Fsp3) is 0.357. The normalized spacial score (nSPS) is 22.7. The lowest BCUT2D eigenvalue weighted by Crippen LogP contribution is -2.17. The number of nitrogens with one attached hydrogen (secondary N) is 1. The van der Waals surface area contributed by atoms with E-state index in [2.05, 4.69) is 5.32 Å². The molecule has 1 aliphatic carbocycles. The number of halogens is 1. The molecule has 5 nitrogen and oxygen atoms in total. The Morgan fingerprint density at radius 3 is 2.50 bits per heavy atom. The molecule has 1 aromatic rings. The minimum atomic E-state index is -0.965. The highest BCUT2D eigenvalue weighted by molar-refractivity contribution is 6.32. The smallest absolute Gasteiger partial charge is 0.307 e. The van der Waals surface area contributed by atoms with Crippen molar-refractivity contribution in [3.8, 4) is 6.07 Å². The second kappa shape index (κ2) is 4.80. The van der Waals surface area contributed by atoms with E-state index in [-0.39, 0.29) is 10.9 Å². The van der Waals surface area contributed by atoms with Crippen LogP contribution in [0.5, 0.6) is 0 Å². The number of nitriles is 1. The first kappa shape index (κ1) is 14.4. The molecular weight excluding hydrogens is 280 g/mol. The van der Waals surface area contributed by atoms with Crippen LogP contribution in [-0.2, 0) is 9.59 Å². The van der Waals surface area contributed by atoms with Crippen LogP contribution in [0.1, 0.15) is 19.4 Å². The molecule has 0 aromatic heterocycles. The molecule has 0 aliphatic heterocycles. The van der Waals surface area contributed by atoms with Gasteiger partial charge < -0.3 is 10.4 Å². The molecule has 1 saturated carbocycles. The van der Waals surface area contributed by atoms with Gasteiger partial charge in [-0.05, 0) is 23.6 Å². The van der Waals surface area contributed by atoms with Crippen LogP contribution in [0, 0.1) is 28.6 Å². The Hall–Kier alpha value is -2.06. The van der Waals surface area contributed by atoms with E-state index in [1.54, 1.807) is 19.9 Å². The van der Waals surface area contributed by atoms with Crippen LogP contribution in [0.2, 0.25) is 5.02 Å². The van der Waals surface area contributed by atoms with E-state index >= 15 is 0 Å². The number of rotatable bonds is 3. The maximum atomic E-state index is 12.1. The number of nitrogens with zero attached hydrogens (tertiary/aromatic N) is 1. The molecule has 2 atom stereocenters. The SMILES string of the molecule is CC1(C)[C@H](C(=O)O)[C@@H]1C(=O)Nc1ccc(C#N)c(Cl)c1. The minimum Gasteiger partial charge on any atom is -0.481 e. The number of hydrogen-bond acceptors (Lipinski definition) is 3. The Morgan fingerprint density at radius 2 is 2.05 bits per heavy atom. The molecule has 6 heteroatoms. The summed E-state index contributed by atoms with van der Waals surface area (Å²) in [5, 5.41) is 20.7. The van der Waals surface area contributed by atoms with Crippen LogP contribution >= 0.6 is 11.6 Å². The van der Waals surface area contributed by atoms with E-state index < -0.39 is 23.2 Å². The van der Waals surface area contributed by atoms with E-state index in [1.807, 2.05) is 6.07 Å². The maximum Gasteiger partial charge on any atom is 0.307 e. The standard InChI is InChI=1S/C14H13ClN2O3/c1-14(2)10(11(14)13(19)20)12(18)17-8-4-3-7(6-16)9(15)5-8/h3-5,10-11H,1-2H3,(H,17,18)(H,19,20)/t10-,11+/m1/s1. The van der Waals surface area contributed by atoms with Crippen LogP contribution in [0.25, 0.3) is 0 Å². The topological polar surface area (TPSA) is 90.2 Å². The van der Waals surface area contributed by atoms with Gasteiger partial charge in [-0.1, -0.05) is 25.4 Å². The number of carboxylic acid groups (broad SMARTS) is 1. The number of benzene rings is 1. The van der Waals surface area contributed by atoms with Crippen molar-refractivity contribution < 1.29 is 14.7 Å². The molecule has 2 rings (SSSR count). The molecule has 0 saturated heterocycles. The molecule has 0 bridgehead atoms. The first-order valence-corrected chi connectivity index (χ1v) is 6.40. The number of carbonyl (C=O) groups excluding carboxylic acids is 1. The molecule has 1 aliphatic rings. The molecule has 1 aromatic carbocycles. The zero-order valence-electron chi connectivity index (χ0n) is 11.0. The van der Waals surface area contributed by atoms with Gasteiger partial charge in [0.2, 0.25) is 5.91 Å². The van der Waals surface area contributed by atoms with Gasteiger partial charge in [0.15, 0.2) is 0 Å². The molecule has 1 fully saturated rings. The van der Waals surface area contributed by atoms with Crippen molar-refractivity contribution in [1.29, 1.82) is 5.26 Å². The number of hydrogen-bond donors (Lipinski definition) is 2. The van der Waals surface area contributed by atoms with E-state index in [0.717, 1.165) is 0 Å². The average molecular weight is 293 g/mol. The quantitative estimate of drug-likeness (QED) is 0.895. The van der Waals surface area contributed by atoms with Gasteiger partial charge in [0.05, 0.1) is 22.4 Å². The van der Waals surface area contributed by atoms with Crippen molar-refractivity contribution in [3.63, 3.8) is 0 Å². The summed E-state index contributed by atoms with van der Waals surface area (Å²) in [6, 6.07) is 6.47. The number of amides is 1. The van der Waals surface area contributed by atoms with E-state index in [9.17, 15) is 9.59 Å². The molecule has 0 unspecified atom stereocenters. The van der Waals surface area contributed by atoms with Crippen molar-refractivity contribution in [3.05, 3.63) is 28.8 Å². The molecule has 104 valence electrons. The second-order valence-electron chi connectivity index (χ2n) is 5.41. The zero-order valence-corrected chi connectivity index (χ0v) is 11.7. The summed E-state index contributed by atoms with van der Waals surface area (Å²) in [7, 11) is 0. The predicted molar refractivity (Wildman–Crippen MR) is 73.2 cm³/mol. The summed E-state index contributed by atoms with van der Waals surface area (Å²) in [5.74, 6) is -2.54. The Balaban J connectivity index is 2.12. The van der Waals surface area contributed by atoms with Crippen molar-refractivity contribution in [2.45, 2.75) is 13.8 Å². The molecule has 1 amide bonds. The summed E-state index contributed by atoms with van der Waals surface area (Å²) >= 11 is 5.88. The highest BCUT2D eigenvalue weighted by atomic mass is 35.5. The fourth-order valence-corrected chi connectivity index (χ4v) is 2.71. The van der Waals surface area contributed by atoms with Gasteiger partial charge in [-0.2, -0.15) is 5.26 Å². The third kappa shape index (κ3) is 2.35. The van der Waals surface area contributed by atoms with Gasteiger partial charge in [0.25, 0.3) is 0 Å². The largest absolute Gasteiger partial charge is 0.481 e. The third-order valence-electron chi connectivity index (χ3n) is 3.73. The van der Waals surface area contributed by atoms with Crippen LogP contribution in [0.15, 0.2) is 18.2 Å². The molecule has 20 heavy (non-hydrogen) atoms. The monoisotopic (exact) mass is 292 g/mol. The average Bonchev–Trinajstić information content (AvgIpc) is 2.93. The highest BCUT2D eigenvalue weighted by Crippen LogP contribution is 2.58. The van der Waals surface area contributed by atoms with Crippen molar-refractivity contribution in [1.82, 2.24) is 0 Å². The Kier molecular flexibility index (Phi) is 3.45. The van der Waals surface area contributed by atoms with Gasteiger partial charge in [0, 0.05) is 5.69 Å². The van der Waals surface area contributed by atoms with Gasteiger partial charge >= 0.3 is 5.97 Å². The summed E-state index contributed by atoms with van der Waals surface area (Å²) in [4.78, 5) is 23.1. The molecule has 0 spiro atoms. The lowest BCUT2D eigenvalue weighted by Gasteiger charge is -2.07. The summed E-state index contributed by atoms with van der Waals surface area (Å²) in [6.45, 7) is 3.50. The fourth-order valence-electron chi connectivity index (χ4n) is 2.49. The summed E-state index contributed by atoms with van der Waals surface area (Å²) in [5.41, 5.74) is 0.220. The number of carbonyl (C=O) groups is 2. The number of anilines is 1. The highest BCUT2D eigenvalue weighted by Gasteiger charge is 2.65. The maximum absolute atomic E-state index is 12.1. The molecule has 0 radical (unpaired) electrons. The first-order valence-electron chi connectivity index (χ1n) is 6.02. The number of carboxylic acids is 1. The van der Waals surface area contributed by atoms with Gasteiger partial charge in [-0.15, -0.1) is 0 Å².